The van der Waals surface area contributed by atoms with E-state index in [1.54, 1.807) is 0 Å². The summed E-state index contributed by atoms with van der Waals surface area (Å²) in [5.74, 6) is 0. The van der Waals surface area contributed by atoms with E-state index in [-0.39, 0.29) is 0 Å². The fourth-order valence-electron chi connectivity index (χ4n) is 4.74. The average molecular weight is 398 g/mol. The zero-order valence-corrected chi connectivity index (χ0v) is 17.8. The molecule has 0 bridgehead atoms. The molecule has 0 aliphatic heterocycles. The molecule has 1 nitrogen and oxygen atoms in total. The van der Waals surface area contributed by atoms with E-state index < -0.39 is 0 Å². The van der Waals surface area contributed by atoms with E-state index in [4.69, 9.17) is 0 Å². The summed E-state index contributed by atoms with van der Waals surface area (Å²) in [6.07, 6.45) is 0. The maximum Gasteiger partial charge on any atom is 0.0546 e. The van der Waals surface area contributed by atoms with Gasteiger partial charge < -0.3 is 4.90 Å². The Hall–Kier alpha value is -3.84. The molecule has 0 radical (unpaired) electrons. The lowest BCUT2D eigenvalue weighted by molar-refractivity contribution is 1.28. The van der Waals surface area contributed by atoms with E-state index >= 15 is 0 Å². The molecule has 0 aliphatic rings. The Morgan fingerprint density at radius 1 is 0.484 bits per heavy atom. The number of hydrogen-bond acceptors (Lipinski definition) is 1. The summed E-state index contributed by atoms with van der Waals surface area (Å²) in [7, 11) is 0. The first-order chi connectivity index (χ1) is 15.2. The van der Waals surface area contributed by atoms with E-state index in [1.807, 2.05) is 0 Å². The number of benzene rings is 6. The minimum Gasteiger partial charge on any atom is -0.310 e. The summed E-state index contributed by atoms with van der Waals surface area (Å²) < 4.78 is 0. The van der Waals surface area contributed by atoms with Crippen molar-refractivity contribution < 1.29 is 0 Å². The van der Waals surface area contributed by atoms with E-state index in [9.17, 15) is 0 Å². The van der Waals surface area contributed by atoms with Gasteiger partial charge in [0.25, 0.3) is 0 Å². The van der Waals surface area contributed by atoms with Crippen LogP contribution in [0.25, 0.3) is 32.3 Å². The van der Waals surface area contributed by atoms with Crippen LogP contribution in [0.2, 0.25) is 0 Å². The van der Waals surface area contributed by atoms with E-state index in [0.717, 1.165) is 0 Å². The zero-order valence-electron chi connectivity index (χ0n) is 17.8. The molecule has 0 spiro atoms. The van der Waals surface area contributed by atoms with Gasteiger partial charge >= 0.3 is 0 Å². The molecule has 0 saturated carbocycles. The van der Waals surface area contributed by atoms with E-state index in [2.05, 4.69) is 122 Å². The first-order valence-electron chi connectivity index (χ1n) is 10.8. The second-order valence-corrected chi connectivity index (χ2v) is 8.45. The highest BCUT2D eigenvalue weighted by Crippen LogP contribution is 2.44. The second-order valence-electron chi connectivity index (χ2n) is 8.45. The van der Waals surface area contributed by atoms with Crippen molar-refractivity contribution in [2.45, 2.75) is 13.8 Å². The van der Waals surface area contributed by atoms with Crippen LogP contribution in [-0.4, -0.2) is 0 Å². The van der Waals surface area contributed by atoms with Crippen LogP contribution in [0.15, 0.2) is 103 Å². The molecule has 0 atom stereocenters. The summed E-state index contributed by atoms with van der Waals surface area (Å²) in [5, 5.41) is 7.84. The Bertz CT molecular complexity index is 1480. The lowest BCUT2D eigenvalue weighted by Gasteiger charge is -2.28. The molecule has 148 valence electrons. The number of hydrogen-bond donors (Lipinski definition) is 0. The highest BCUT2D eigenvalue weighted by Gasteiger charge is 2.18. The maximum atomic E-state index is 2.39. The molecular weight excluding hydrogens is 374 g/mol. The van der Waals surface area contributed by atoms with Gasteiger partial charge in [0, 0.05) is 16.8 Å². The quantitative estimate of drug-likeness (QED) is 0.270. The number of aryl methyl sites for hydroxylation is 2. The molecule has 0 amide bonds. The van der Waals surface area contributed by atoms with Crippen LogP contribution < -0.4 is 4.90 Å². The van der Waals surface area contributed by atoms with Crippen LogP contribution in [0, 0.1) is 13.8 Å². The highest BCUT2D eigenvalue weighted by molar-refractivity contribution is 6.26. The SMILES string of the molecule is Cc1ccc(N(c2ccc(C)cc2)c2cc3cccc4ccc5cccc2c5c43)cc1. The fourth-order valence-corrected chi connectivity index (χ4v) is 4.74. The van der Waals surface area contributed by atoms with Crippen LogP contribution >= 0.6 is 0 Å². The molecule has 6 aromatic rings. The Balaban J connectivity index is 1.73. The van der Waals surface area contributed by atoms with Gasteiger partial charge in [0.15, 0.2) is 0 Å². The van der Waals surface area contributed by atoms with Crippen LogP contribution in [-0.2, 0) is 0 Å². The van der Waals surface area contributed by atoms with Gasteiger partial charge in [0.2, 0.25) is 0 Å². The van der Waals surface area contributed by atoms with Gasteiger partial charge in [0.05, 0.1) is 5.69 Å². The molecule has 0 N–H and O–H groups in total. The van der Waals surface area contributed by atoms with Gasteiger partial charge in [-0.1, -0.05) is 83.9 Å². The predicted molar refractivity (Wildman–Crippen MR) is 134 cm³/mol. The average Bonchev–Trinajstić information content (AvgIpc) is 2.80. The smallest absolute Gasteiger partial charge is 0.0546 e. The molecule has 31 heavy (non-hydrogen) atoms. The van der Waals surface area contributed by atoms with Gasteiger partial charge in [-0.05, 0) is 71.1 Å². The Labute approximate surface area is 182 Å². The minimum absolute atomic E-state index is 1.17. The first kappa shape index (κ1) is 18.0. The lowest BCUT2D eigenvalue weighted by Crippen LogP contribution is -2.10. The molecule has 0 aromatic heterocycles. The number of nitrogens with zero attached hydrogens (tertiary/aromatic N) is 1. The molecule has 1 heteroatoms. The summed E-state index contributed by atoms with van der Waals surface area (Å²) in [6, 6.07) is 37.7. The zero-order chi connectivity index (χ0) is 20.9. The highest BCUT2D eigenvalue weighted by atomic mass is 15.1. The van der Waals surface area contributed by atoms with Crippen molar-refractivity contribution in [2.24, 2.45) is 0 Å². The van der Waals surface area contributed by atoms with Crippen LogP contribution in [0.1, 0.15) is 11.1 Å². The molecule has 0 unspecified atom stereocenters. The third kappa shape index (κ3) is 2.85. The Kier molecular flexibility index (Phi) is 3.97. The molecular formula is C30H23N. The number of anilines is 3. The summed E-state index contributed by atoms with van der Waals surface area (Å²) >= 11 is 0. The van der Waals surface area contributed by atoms with Crippen LogP contribution in [0.5, 0.6) is 0 Å². The third-order valence-electron chi connectivity index (χ3n) is 6.31. The summed E-state index contributed by atoms with van der Waals surface area (Å²) in [5.41, 5.74) is 6.09. The van der Waals surface area contributed by atoms with Crippen molar-refractivity contribution in [1.29, 1.82) is 0 Å². The van der Waals surface area contributed by atoms with E-state index in [1.165, 1.54) is 60.5 Å². The van der Waals surface area contributed by atoms with Gasteiger partial charge in [-0.2, -0.15) is 0 Å². The molecule has 0 saturated heterocycles. The van der Waals surface area contributed by atoms with Crippen molar-refractivity contribution in [3.05, 3.63) is 114 Å². The topological polar surface area (TPSA) is 3.24 Å². The van der Waals surface area contributed by atoms with Crippen LogP contribution in [0.3, 0.4) is 0 Å². The van der Waals surface area contributed by atoms with Gasteiger partial charge in [0.1, 0.15) is 0 Å². The van der Waals surface area contributed by atoms with Crippen molar-refractivity contribution in [3.8, 4) is 0 Å². The van der Waals surface area contributed by atoms with Crippen molar-refractivity contribution in [1.82, 2.24) is 0 Å². The third-order valence-corrected chi connectivity index (χ3v) is 6.31. The fraction of sp³-hybridized carbons (Fsp3) is 0.0667. The normalized spacial score (nSPS) is 11.5. The summed E-state index contributed by atoms with van der Waals surface area (Å²) in [4.78, 5) is 2.39. The molecule has 0 fully saturated rings. The predicted octanol–water partition coefficient (Wildman–Crippen LogP) is 8.67. The standard InChI is InChI=1S/C30H23N/c1-20-9-15-25(16-10-20)31(26-17-11-21(2)12-18-26)28-19-24-7-3-5-22-13-14-23-6-4-8-27(28)30(23)29(22)24/h3-19H,1-2H3. The minimum atomic E-state index is 1.17. The lowest BCUT2D eigenvalue weighted by atomic mass is 9.92. The van der Waals surface area contributed by atoms with Crippen molar-refractivity contribution in [3.63, 3.8) is 0 Å². The molecule has 6 rings (SSSR count). The van der Waals surface area contributed by atoms with Crippen molar-refractivity contribution in [2.75, 3.05) is 4.90 Å². The van der Waals surface area contributed by atoms with Crippen LogP contribution in [0.4, 0.5) is 17.1 Å². The van der Waals surface area contributed by atoms with E-state index in [0.29, 0.717) is 0 Å². The summed E-state index contributed by atoms with van der Waals surface area (Å²) in [6.45, 7) is 4.27. The van der Waals surface area contributed by atoms with Gasteiger partial charge in [-0.3, -0.25) is 0 Å². The van der Waals surface area contributed by atoms with Crippen molar-refractivity contribution >= 4 is 49.4 Å². The largest absolute Gasteiger partial charge is 0.310 e. The van der Waals surface area contributed by atoms with Gasteiger partial charge in [-0.25, -0.2) is 0 Å². The van der Waals surface area contributed by atoms with Gasteiger partial charge in [-0.15, -0.1) is 0 Å². The Morgan fingerprint density at radius 2 is 1.00 bits per heavy atom. The maximum absolute atomic E-state index is 2.39. The monoisotopic (exact) mass is 397 g/mol. The molecule has 6 aromatic carbocycles. The number of rotatable bonds is 3. The first-order valence-corrected chi connectivity index (χ1v) is 10.8. The second kappa shape index (κ2) is 6.85. The molecule has 0 aliphatic carbocycles. The Morgan fingerprint density at radius 3 is 1.61 bits per heavy atom. The molecule has 0 heterocycles.